The lowest BCUT2D eigenvalue weighted by molar-refractivity contribution is 0.239. The first-order chi connectivity index (χ1) is 10.6. The first kappa shape index (κ1) is 15.0. The van der Waals surface area contributed by atoms with Crippen LogP contribution >= 0.6 is 11.3 Å². The van der Waals surface area contributed by atoms with Gasteiger partial charge in [0.05, 0.1) is 17.2 Å². The van der Waals surface area contributed by atoms with Crippen LogP contribution in [0.2, 0.25) is 0 Å². The van der Waals surface area contributed by atoms with Gasteiger partial charge in [0.25, 0.3) is 0 Å². The highest BCUT2D eigenvalue weighted by molar-refractivity contribution is 7.11. The maximum Gasteiger partial charge on any atom is 0.315 e. The van der Waals surface area contributed by atoms with Crippen LogP contribution in [0, 0.1) is 13.8 Å². The molecule has 3 rings (SSSR count). The molecule has 0 aliphatic heterocycles. The number of fused-ring (bicyclic) bond motifs is 1. The van der Waals surface area contributed by atoms with Gasteiger partial charge < -0.3 is 15.2 Å². The van der Waals surface area contributed by atoms with Crippen molar-refractivity contribution in [2.24, 2.45) is 0 Å². The van der Waals surface area contributed by atoms with Gasteiger partial charge in [-0.25, -0.2) is 9.78 Å². The Morgan fingerprint density at radius 2 is 2.23 bits per heavy atom. The van der Waals surface area contributed by atoms with E-state index in [4.69, 9.17) is 4.52 Å². The molecule has 1 aliphatic rings. The average Bonchev–Trinajstić information content (AvgIpc) is 3.07. The highest BCUT2D eigenvalue weighted by atomic mass is 32.1. The monoisotopic (exact) mass is 321 g/mol. The van der Waals surface area contributed by atoms with Crippen molar-refractivity contribution >= 4 is 17.4 Å². The molecule has 0 radical (unpaired) electrons. The number of nitrogens with zero attached hydrogens (tertiary/aromatic N) is 3. The number of aromatic nitrogens is 3. The van der Waals surface area contributed by atoms with Crippen molar-refractivity contribution in [2.75, 3.05) is 6.54 Å². The molecular weight excluding hydrogens is 302 g/mol. The molecule has 8 heteroatoms. The van der Waals surface area contributed by atoms with Gasteiger partial charge in [-0.1, -0.05) is 5.16 Å². The SMILES string of the molecule is Cc1nc(CNC(=O)NC[C@H]2CCCc3sc(C)nc32)no1. The normalized spacial score (nSPS) is 17.1. The third kappa shape index (κ3) is 3.44. The summed E-state index contributed by atoms with van der Waals surface area (Å²) in [6.45, 7) is 4.61. The molecular formula is C14H19N5O2S. The topological polar surface area (TPSA) is 92.9 Å². The Balaban J connectivity index is 1.49. The van der Waals surface area contributed by atoms with Crippen LogP contribution in [-0.4, -0.2) is 27.7 Å². The maximum atomic E-state index is 11.9. The van der Waals surface area contributed by atoms with E-state index >= 15 is 0 Å². The van der Waals surface area contributed by atoms with Crippen LogP contribution in [0.25, 0.3) is 0 Å². The van der Waals surface area contributed by atoms with Crippen LogP contribution in [0.4, 0.5) is 4.79 Å². The van der Waals surface area contributed by atoms with Gasteiger partial charge in [-0.05, 0) is 26.2 Å². The van der Waals surface area contributed by atoms with Crippen molar-refractivity contribution in [3.8, 4) is 0 Å². The summed E-state index contributed by atoms with van der Waals surface area (Å²) in [7, 11) is 0. The Hall–Kier alpha value is -1.96. The number of nitrogens with one attached hydrogen (secondary N) is 2. The van der Waals surface area contributed by atoms with E-state index in [-0.39, 0.29) is 12.6 Å². The van der Waals surface area contributed by atoms with E-state index in [1.54, 1.807) is 18.3 Å². The number of carbonyl (C=O) groups is 1. The molecule has 2 amide bonds. The van der Waals surface area contributed by atoms with Gasteiger partial charge in [0, 0.05) is 24.3 Å². The van der Waals surface area contributed by atoms with Crippen molar-refractivity contribution in [2.45, 2.75) is 45.6 Å². The number of rotatable bonds is 4. The second-order valence-electron chi connectivity index (χ2n) is 5.42. The highest BCUT2D eigenvalue weighted by Crippen LogP contribution is 2.34. The second kappa shape index (κ2) is 6.43. The number of thiazole rings is 1. The predicted octanol–water partition coefficient (Wildman–Crippen LogP) is 2.06. The van der Waals surface area contributed by atoms with Gasteiger partial charge in [-0.2, -0.15) is 4.98 Å². The van der Waals surface area contributed by atoms with E-state index in [0.717, 1.165) is 24.3 Å². The average molecular weight is 321 g/mol. The van der Waals surface area contributed by atoms with Gasteiger partial charge in [-0.3, -0.25) is 0 Å². The molecule has 0 saturated carbocycles. The molecule has 1 atom stereocenters. The van der Waals surface area contributed by atoms with Crippen LogP contribution in [0.5, 0.6) is 0 Å². The van der Waals surface area contributed by atoms with E-state index < -0.39 is 0 Å². The molecule has 0 unspecified atom stereocenters. The van der Waals surface area contributed by atoms with Crippen molar-refractivity contribution < 1.29 is 9.32 Å². The van der Waals surface area contributed by atoms with Gasteiger partial charge >= 0.3 is 6.03 Å². The highest BCUT2D eigenvalue weighted by Gasteiger charge is 2.24. The summed E-state index contributed by atoms with van der Waals surface area (Å²) < 4.78 is 4.85. The molecule has 0 fully saturated rings. The zero-order valence-electron chi connectivity index (χ0n) is 12.7. The van der Waals surface area contributed by atoms with Crippen molar-refractivity contribution in [1.82, 2.24) is 25.8 Å². The first-order valence-corrected chi connectivity index (χ1v) is 8.20. The summed E-state index contributed by atoms with van der Waals surface area (Å²) in [4.78, 5) is 21.9. The molecule has 2 heterocycles. The number of amides is 2. The van der Waals surface area contributed by atoms with E-state index in [1.807, 2.05) is 6.92 Å². The van der Waals surface area contributed by atoms with E-state index in [2.05, 4.69) is 25.8 Å². The molecule has 0 aromatic carbocycles. The van der Waals surface area contributed by atoms with Gasteiger partial charge in [0.15, 0.2) is 5.82 Å². The quantitative estimate of drug-likeness (QED) is 0.899. The van der Waals surface area contributed by atoms with Gasteiger partial charge in [-0.15, -0.1) is 11.3 Å². The zero-order valence-corrected chi connectivity index (χ0v) is 13.5. The van der Waals surface area contributed by atoms with Gasteiger partial charge in [0.2, 0.25) is 5.89 Å². The number of urea groups is 1. The molecule has 0 bridgehead atoms. The fourth-order valence-electron chi connectivity index (χ4n) is 2.68. The molecule has 1 aliphatic carbocycles. The minimum absolute atomic E-state index is 0.221. The smallest absolute Gasteiger partial charge is 0.315 e. The molecule has 2 aromatic heterocycles. The summed E-state index contributed by atoms with van der Waals surface area (Å²) in [5.41, 5.74) is 1.17. The molecule has 22 heavy (non-hydrogen) atoms. The summed E-state index contributed by atoms with van der Waals surface area (Å²) in [5, 5.41) is 10.5. The summed E-state index contributed by atoms with van der Waals surface area (Å²) in [6, 6.07) is -0.221. The lowest BCUT2D eigenvalue weighted by Gasteiger charge is -2.21. The Labute approximate surface area is 132 Å². The van der Waals surface area contributed by atoms with Crippen molar-refractivity contribution in [3.05, 3.63) is 27.3 Å². The van der Waals surface area contributed by atoms with Crippen LogP contribution in [0.1, 0.15) is 46.1 Å². The number of hydrogen-bond donors (Lipinski definition) is 2. The van der Waals surface area contributed by atoms with Crippen molar-refractivity contribution in [1.29, 1.82) is 0 Å². The molecule has 7 nitrogen and oxygen atoms in total. The lowest BCUT2D eigenvalue weighted by Crippen LogP contribution is -2.38. The molecule has 2 aromatic rings. The molecule has 0 saturated heterocycles. The van der Waals surface area contributed by atoms with Crippen LogP contribution in [-0.2, 0) is 13.0 Å². The molecule has 0 spiro atoms. The molecule has 2 N–H and O–H groups in total. The number of aryl methyl sites for hydroxylation is 3. The Kier molecular flexibility index (Phi) is 4.37. The van der Waals surface area contributed by atoms with Crippen LogP contribution < -0.4 is 10.6 Å². The van der Waals surface area contributed by atoms with Crippen molar-refractivity contribution in [3.63, 3.8) is 0 Å². The van der Waals surface area contributed by atoms with Gasteiger partial charge in [0.1, 0.15) is 0 Å². The van der Waals surface area contributed by atoms with E-state index in [1.165, 1.54) is 10.6 Å². The summed E-state index contributed by atoms with van der Waals surface area (Å²) >= 11 is 1.77. The minimum atomic E-state index is -0.221. The van der Waals surface area contributed by atoms with E-state index in [9.17, 15) is 4.79 Å². The van der Waals surface area contributed by atoms with Crippen LogP contribution in [0.3, 0.4) is 0 Å². The minimum Gasteiger partial charge on any atom is -0.340 e. The second-order valence-corrected chi connectivity index (χ2v) is 6.71. The largest absolute Gasteiger partial charge is 0.340 e. The van der Waals surface area contributed by atoms with E-state index in [0.29, 0.717) is 24.2 Å². The third-order valence-corrected chi connectivity index (χ3v) is 4.71. The van der Waals surface area contributed by atoms with Crippen LogP contribution in [0.15, 0.2) is 4.52 Å². The Bertz CT molecular complexity index is 666. The number of carbonyl (C=O) groups excluding carboxylic acids is 1. The standard InChI is InChI=1S/C14H19N5O2S/c1-8-17-12(19-21-8)7-16-14(20)15-6-10-4-3-5-11-13(10)18-9(2)22-11/h10H,3-7H2,1-2H3,(H2,15,16,20)/t10-/m1/s1. The summed E-state index contributed by atoms with van der Waals surface area (Å²) in [5.74, 6) is 1.28. The zero-order chi connectivity index (χ0) is 15.5. The maximum absolute atomic E-state index is 11.9. The predicted molar refractivity (Wildman–Crippen MR) is 81.8 cm³/mol. The fourth-order valence-corrected chi connectivity index (χ4v) is 3.74. The molecule has 118 valence electrons. The first-order valence-electron chi connectivity index (χ1n) is 7.39. The Morgan fingerprint density at radius 1 is 1.36 bits per heavy atom. The third-order valence-electron chi connectivity index (χ3n) is 3.66. The number of hydrogen-bond acceptors (Lipinski definition) is 6. The fraction of sp³-hybridized carbons (Fsp3) is 0.571. The Morgan fingerprint density at radius 3 is 3.00 bits per heavy atom. The lowest BCUT2D eigenvalue weighted by atomic mass is 9.91. The summed E-state index contributed by atoms with van der Waals surface area (Å²) in [6.07, 6.45) is 3.34.